The van der Waals surface area contributed by atoms with Crippen LogP contribution in [0.1, 0.15) is 42.1 Å². The highest BCUT2D eigenvalue weighted by atomic mass is 32.2. The van der Waals surface area contributed by atoms with Crippen LogP contribution in [-0.2, 0) is 30.5 Å². The minimum Gasteiger partial charge on any atom is -0.535 e. The van der Waals surface area contributed by atoms with E-state index in [1.807, 2.05) is 0 Å². The Kier molecular flexibility index (Phi) is 8.03. The minimum atomic E-state index is -3.10. The van der Waals surface area contributed by atoms with Gasteiger partial charge in [-0.25, -0.2) is 13.2 Å². The summed E-state index contributed by atoms with van der Waals surface area (Å²) in [6, 6.07) is 4.99. The number of fused-ring (bicyclic) bond motifs is 1. The van der Waals surface area contributed by atoms with Gasteiger partial charge in [0.2, 0.25) is 0 Å². The standard InChI is InChI=1S/C18H25BO8S/c1-3-25-12-26-18(21)16-8-4-6-13-10-14(19(22)27-17(13)16)11-15(20)7-5-9-28(2,23)24/h4,6,8,14,22H,3,5,7,9-12H2,1-2H3/t14-/m1/s1. The molecular weight excluding hydrogens is 387 g/mol. The van der Waals surface area contributed by atoms with Crippen molar-refractivity contribution in [1.82, 2.24) is 0 Å². The summed E-state index contributed by atoms with van der Waals surface area (Å²) in [5, 5.41) is 10.3. The number of esters is 1. The third kappa shape index (κ3) is 6.61. The Balaban J connectivity index is 2.00. The molecule has 1 aromatic rings. The molecule has 0 spiro atoms. The van der Waals surface area contributed by atoms with Crippen LogP contribution in [0.3, 0.4) is 0 Å². The van der Waals surface area contributed by atoms with Gasteiger partial charge >= 0.3 is 13.1 Å². The number of ketones is 1. The number of Topliss-reactive ketones (excluding diaryl/α,β-unsaturated/α-hetero) is 1. The van der Waals surface area contributed by atoms with Crippen LogP contribution in [0, 0.1) is 0 Å². The predicted molar refractivity (Wildman–Crippen MR) is 103 cm³/mol. The number of rotatable bonds is 10. The van der Waals surface area contributed by atoms with E-state index in [2.05, 4.69) is 0 Å². The topological polar surface area (TPSA) is 116 Å². The first kappa shape index (κ1) is 22.4. The lowest BCUT2D eigenvalue weighted by Gasteiger charge is -2.28. The molecule has 1 heterocycles. The summed E-state index contributed by atoms with van der Waals surface area (Å²) in [5.41, 5.74) is 0.888. The smallest absolute Gasteiger partial charge is 0.526 e. The zero-order valence-corrected chi connectivity index (χ0v) is 16.9. The van der Waals surface area contributed by atoms with Gasteiger partial charge in [0.25, 0.3) is 0 Å². The molecule has 0 bridgehead atoms. The molecule has 0 aromatic heterocycles. The van der Waals surface area contributed by atoms with E-state index in [0.717, 1.165) is 6.26 Å². The molecule has 1 N–H and O–H groups in total. The van der Waals surface area contributed by atoms with Crippen molar-refractivity contribution in [2.24, 2.45) is 0 Å². The fraction of sp³-hybridized carbons (Fsp3) is 0.556. The molecule has 0 radical (unpaired) electrons. The van der Waals surface area contributed by atoms with Gasteiger partial charge in [-0.05, 0) is 31.4 Å². The number of carbonyl (C=O) groups is 2. The van der Waals surface area contributed by atoms with Gasteiger partial charge in [-0.1, -0.05) is 12.1 Å². The Morgan fingerprint density at radius 2 is 2.11 bits per heavy atom. The molecular formula is C18H25BO8S. The number of para-hydroxylation sites is 1. The number of benzene rings is 1. The van der Waals surface area contributed by atoms with Crippen LogP contribution in [-0.4, -0.2) is 57.7 Å². The van der Waals surface area contributed by atoms with E-state index in [9.17, 15) is 23.0 Å². The van der Waals surface area contributed by atoms with Gasteiger partial charge < -0.3 is 19.2 Å². The van der Waals surface area contributed by atoms with E-state index in [1.54, 1.807) is 19.1 Å². The molecule has 1 atom stereocenters. The maximum atomic E-state index is 12.2. The highest BCUT2D eigenvalue weighted by molar-refractivity contribution is 7.90. The molecule has 0 amide bonds. The number of carbonyl (C=O) groups excluding carboxylic acids is 2. The molecule has 154 valence electrons. The van der Waals surface area contributed by atoms with Gasteiger partial charge in [0.1, 0.15) is 26.9 Å². The zero-order chi connectivity index (χ0) is 20.7. The Labute approximate surface area is 165 Å². The molecule has 2 rings (SSSR count). The fourth-order valence-corrected chi connectivity index (χ4v) is 3.67. The summed E-state index contributed by atoms with van der Waals surface area (Å²) >= 11 is 0. The van der Waals surface area contributed by atoms with Crippen LogP contribution in [0.5, 0.6) is 5.75 Å². The van der Waals surface area contributed by atoms with E-state index >= 15 is 0 Å². The Morgan fingerprint density at radius 1 is 1.36 bits per heavy atom. The molecule has 0 saturated heterocycles. The van der Waals surface area contributed by atoms with E-state index in [4.69, 9.17) is 14.1 Å². The Hall–Kier alpha value is -1.91. The molecule has 28 heavy (non-hydrogen) atoms. The van der Waals surface area contributed by atoms with Crippen molar-refractivity contribution in [2.45, 2.75) is 38.4 Å². The van der Waals surface area contributed by atoms with Crippen LogP contribution in [0.2, 0.25) is 5.82 Å². The van der Waals surface area contributed by atoms with Crippen molar-refractivity contribution < 1.29 is 37.2 Å². The molecule has 10 heteroatoms. The largest absolute Gasteiger partial charge is 0.535 e. The van der Waals surface area contributed by atoms with Crippen molar-refractivity contribution in [2.75, 3.05) is 25.4 Å². The molecule has 8 nitrogen and oxygen atoms in total. The normalized spacial score (nSPS) is 16.2. The third-order valence-electron chi connectivity index (χ3n) is 4.38. The van der Waals surface area contributed by atoms with Crippen LogP contribution >= 0.6 is 0 Å². The summed E-state index contributed by atoms with van der Waals surface area (Å²) < 4.78 is 37.8. The van der Waals surface area contributed by atoms with Crippen molar-refractivity contribution in [1.29, 1.82) is 0 Å². The summed E-state index contributed by atoms with van der Waals surface area (Å²) in [6.45, 7) is 2.02. The molecule has 1 aliphatic heterocycles. The fourth-order valence-electron chi connectivity index (χ4n) is 3.00. The minimum absolute atomic E-state index is 0.0431. The highest BCUT2D eigenvalue weighted by Gasteiger charge is 2.37. The number of sulfone groups is 1. The Morgan fingerprint density at radius 3 is 2.79 bits per heavy atom. The SMILES string of the molecule is CCOCOC(=O)c1cccc2c1OB(O)[C@@H](CC(=O)CCCS(C)(=O)=O)C2. The second kappa shape index (κ2) is 10.0. The summed E-state index contributed by atoms with van der Waals surface area (Å²) in [4.78, 5) is 24.3. The van der Waals surface area contributed by atoms with Crippen LogP contribution in [0.15, 0.2) is 18.2 Å². The molecule has 0 saturated carbocycles. The lowest BCUT2D eigenvalue weighted by Crippen LogP contribution is -2.36. The van der Waals surface area contributed by atoms with Crippen LogP contribution in [0.25, 0.3) is 0 Å². The first-order valence-electron chi connectivity index (χ1n) is 9.12. The molecule has 1 aliphatic rings. The first-order chi connectivity index (χ1) is 13.2. The van der Waals surface area contributed by atoms with Gasteiger partial charge in [-0.15, -0.1) is 0 Å². The average Bonchev–Trinajstić information content (AvgIpc) is 2.61. The van der Waals surface area contributed by atoms with Gasteiger partial charge in [0.15, 0.2) is 6.79 Å². The summed E-state index contributed by atoms with van der Waals surface area (Å²) in [7, 11) is -4.35. The van der Waals surface area contributed by atoms with Gasteiger partial charge in [-0.3, -0.25) is 4.79 Å². The number of hydrogen-bond acceptors (Lipinski definition) is 8. The Bertz CT molecular complexity index is 808. The maximum absolute atomic E-state index is 12.2. The molecule has 0 unspecified atom stereocenters. The summed E-state index contributed by atoms with van der Waals surface area (Å²) in [6.07, 6.45) is 1.95. The van der Waals surface area contributed by atoms with E-state index in [1.165, 1.54) is 6.07 Å². The highest BCUT2D eigenvalue weighted by Crippen LogP contribution is 2.36. The predicted octanol–water partition coefficient (Wildman–Crippen LogP) is 1.41. The van der Waals surface area contributed by atoms with Gasteiger partial charge in [0.05, 0.1) is 5.75 Å². The van der Waals surface area contributed by atoms with E-state index < -0.39 is 28.7 Å². The van der Waals surface area contributed by atoms with Crippen molar-refractivity contribution >= 4 is 28.7 Å². The van der Waals surface area contributed by atoms with Crippen molar-refractivity contribution in [3.8, 4) is 5.75 Å². The monoisotopic (exact) mass is 412 g/mol. The van der Waals surface area contributed by atoms with Crippen LogP contribution < -0.4 is 4.65 Å². The summed E-state index contributed by atoms with van der Waals surface area (Å²) in [5.74, 6) is -1.01. The van der Waals surface area contributed by atoms with Gasteiger partial charge in [0, 0.05) is 31.5 Å². The number of ether oxygens (including phenoxy) is 2. The second-order valence-corrected chi connectivity index (χ2v) is 9.04. The van der Waals surface area contributed by atoms with Crippen LogP contribution in [0.4, 0.5) is 0 Å². The second-order valence-electron chi connectivity index (χ2n) is 6.79. The molecule has 1 aromatic carbocycles. The number of hydrogen-bond donors (Lipinski definition) is 1. The first-order valence-corrected chi connectivity index (χ1v) is 11.2. The van der Waals surface area contributed by atoms with Gasteiger partial charge in [-0.2, -0.15) is 0 Å². The van der Waals surface area contributed by atoms with Crippen molar-refractivity contribution in [3.63, 3.8) is 0 Å². The van der Waals surface area contributed by atoms with E-state index in [0.29, 0.717) is 18.6 Å². The molecule has 0 aliphatic carbocycles. The zero-order valence-electron chi connectivity index (χ0n) is 16.0. The van der Waals surface area contributed by atoms with Crippen molar-refractivity contribution in [3.05, 3.63) is 29.3 Å². The lowest BCUT2D eigenvalue weighted by atomic mass is 9.64. The average molecular weight is 412 g/mol. The van der Waals surface area contributed by atoms with E-state index in [-0.39, 0.29) is 48.9 Å². The maximum Gasteiger partial charge on any atom is 0.526 e. The third-order valence-corrected chi connectivity index (χ3v) is 5.41. The quantitative estimate of drug-likeness (QED) is 0.265. The molecule has 0 fully saturated rings. The lowest BCUT2D eigenvalue weighted by molar-refractivity contribution is -0.119.